The minimum absolute atomic E-state index is 0.208. The topological polar surface area (TPSA) is 61.8 Å². The lowest BCUT2D eigenvalue weighted by Crippen LogP contribution is -2.44. The summed E-state index contributed by atoms with van der Waals surface area (Å²) in [6.45, 7) is 2.43. The molecule has 5 heteroatoms. The number of nitrogens with one attached hydrogen (secondary N) is 1. The number of benzene rings is 1. The van der Waals surface area contributed by atoms with E-state index in [-0.39, 0.29) is 12.1 Å². The molecule has 0 radical (unpaired) electrons. The molecule has 0 saturated carbocycles. The first-order valence-electron chi connectivity index (χ1n) is 6.39. The Labute approximate surface area is 113 Å². The van der Waals surface area contributed by atoms with Crippen LogP contribution in [0.4, 0.5) is 4.79 Å². The van der Waals surface area contributed by atoms with Gasteiger partial charge in [-0.1, -0.05) is 18.2 Å². The number of hydrogen-bond acceptors (Lipinski definition) is 3. The molecule has 0 aliphatic carbocycles. The quantitative estimate of drug-likeness (QED) is 0.807. The van der Waals surface area contributed by atoms with E-state index in [1.165, 1.54) is 4.90 Å². The van der Waals surface area contributed by atoms with Crippen LogP contribution in [0.3, 0.4) is 0 Å². The minimum atomic E-state index is -0.749. The lowest BCUT2D eigenvalue weighted by Gasteiger charge is -2.24. The molecule has 2 N–H and O–H groups in total. The van der Waals surface area contributed by atoms with Gasteiger partial charge in [0.2, 0.25) is 0 Å². The molecule has 1 heterocycles. The highest BCUT2D eigenvalue weighted by atomic mass is 16.5. The standard InChI is InChI=1S/C14H20N2O3/c1-9-5-4-6-10-12(17)11(7-8-19-13(9)10)15-14(18)16(2)3/h4-6,11-12,17H,7-8H2,1-3H3,(H,15,18). The first kappa shape index (κ1) is 13.7. The number of aliphatic hydroxyl groups is 1. The molecule has 1 aromatic rings. The van der Waals surface area contributed by atoms with Crippen LogP contribution in [0.25, 0.3) is 0 Å². The summed E-state index contributed by atoms with van der Waals surface area (Å²) < 4.78 is 5.70. The number of carbonyl (C=O) groups excluding carboxylic acids is 1. The van der Waals surface area contributed by atoms with Crippen LogP contribution >= 0.6 is 0 Å². The van der Waals surface area contributed by atoms with Gasteiger partial charge in [0.25, 0.3) is 0 Å². The zero-order valence-corrected chi connectivity index (χ0v) is 11.5. The highest BCUT2D eigenvalue weighted by Gasteiger charge is 2.29. The summed E-state index contributed by atoms with van der Waals surface area (Å²) in [4.78, 5) is 13.2. The summed E-state index contributed by atoms with van der Waals surface area (Å²) in [6, 6.07) is 5.13. The molecule has 0 bridgehead atoms. The van der Waals surface area contributed by atoms with E-state index in [1.54, 1.807) is 14.1 Å². The van der Waals surface area contributed by atoms with Crippen molar-refractivity contribution in [3.8, 4) is 5.75 Å². The van der Waals surface area contributed by atoms with E-state index in [9.17, 15) is 9.90 Å². The number of rotatable bonds is 1. The second kappa shape index (κ2) is 5.48. The predicted octanol–water partition coefficient (Wildman–Crippen LogP) is 1.45. The molecule has 1 aliphatic heterocycles. The fourth-order valence-corrected chi connectivity index (χ4v) is 2.21. The highest BCUT2D eigenvalue weighted by molar-refractivity contribution is 5.74. The van der Waals surface area contributed by atoms with Crippen molar-refractivity contribution in [2.75, 3.05) is 20.7 Å². The lowest BCUT2D eigenvalue weighted by molar-refractivity contribution is 0.124. The van der Waals surface area contributed by atoms with Gasteiger partial charge in [-0.2, -0.15) is 0 Å². The molecule has 2 atom stereocenters. The summed E-state index contributed by atoms with van der Waals surface area (Å²) in [5.41, 5.74) is 1.73. The Morgan fingerprint density at radius 1 is 1.47 bits per heavy atom. The molecule has 104 valence electrons. The SMILES string of the molecule is Cc1cccc2c1OCCC(NC(=O)N(C)C)C2O. The van der Waals surface area contributed by atoms with Gasteiger partial charge in [0.1, 0.15) is 11.9 Å². The molecular weight excluding hydrogens is 244 g/mol. The number of urea groups is 1. The largest absolute Gasteiger partial charge is 0.493 e. The summed E-state index contributed by atoms with van der Waals surface area (Å²) >= 11 is 0. The number of nitrogens with zero attached hydrogens (tertiary/aromatic N) is 1. The van der Waals surface area contributed by atoms with Gasteiger partial charge in [0.05, 0.1) is 12.6 Å². The van der Waals surface area contributed by atoms with Gasteiger partial charge in [0, 0.05) is 26.1 Å². The van der Waals surface area contributed by atoms with Gasteiger partial charge in [-0.25, -0.2) is 4.79 Å². The third kappa shape index (κ3) is 2.81. The molecule has 2 rings (SSSR count). The maximum absolute atomic E-state index is 11.7. The fourth-order valence-electron chi connectivity index (χ4n) is 2.21. The predicted molar refractivity (Wildman–Crippen MR) is 72.3 cm³/mol. The Kier molecular flexibility index (Phi) is 3.95. The number of carbonyl (C=O) groups is 1. The van der Waals surface area contributed by atoms with Crippen molar-refractivity contribution in [1.29, 1.82) is 0 Å². The number of para-hydroxylation sites is 1. The molecule has 1 aromatic carbocycles. The molecule has 2 amide bonds. The van der Waals surface area contributed by atoms with Gasteiger partial charge >= 0.3 is 6.03 Å². The third-order valence-corrected chi connectivity index (χ3v) is 3.33. The van der Waals surface area contributed by atoms with Crippen molar-refractivity contribution in [3.63, 3.8) is 0 Å². The monoisotopic (exact) mass is 264 g/mol. The van der Waals surface area contributed by atoms with Crippen molar-refractivity contribution in [2.24, 2.45) is 0 Å². The van der Waals surface area contributed by atoms with Gasteiger partial charge in [0.15, 0.2) is 0 Å². The number of amides is 2. The number of aryl methyl sites for hydroxylation is 1. The zero-order valence-electron chi connectivity index (χ0n) is 11.5. The third-order valence-electron chi connectivity index (χ3n) is 3.33. The van der Waals surface area contributed by atoms with E-state index in [2.05, 4.69) is 5.32 Å². The first-order chi connectivity index (χ1) is 9.00. The second-order valence-corrected chi connectivity index (χ2v) is 5.03. The minimum Gasteiger partial charge on any atom is -0.493 e. The Morgan fingerprint density at radius 2 is 2.21 bits per heavy atom. The van der Waals surface area contributed by atoms with E-state index < -0.39 is 6.10 Å². The highest BCUT2D eigenvalue weighted by Crippen LogP contribution is 2.34. The van der Waals surface area contributed by atoms with Crippen molar-refractivity contribution >= 4 is 6.03 Å². The molecular formula is C14H20N2O3. The first-order valence-corrected chi connectivity index (χ1v) is 6.39. The maximum Gasteiger partial charge on any atom is 0.317 e. The molecule has 19 heavy (non-hydrogen) atoms. The molecule has 0 saturated heterocycles. The Balaban J connectivity index is 2.24. The van der Waals surface area contributed by atoms with Crippen LogP contribution in [0.15, 0.2) is 18.2 Å². The Morgan fingerprint density at radius 3 is 2.89 bits per heavy atom. The van der Waals surface area contributed by atoms with Crippen LogP contribution in [-0.4, -0.2) is 42.8 Å². The van der Waals surface area contributed by atoms with Crippen LogP contribution < -0.4 is 10.1 Å². The van der Waals surface area contributed by atoms with Gasteiger partial charge in [-0.15, -0.1) is 0 Å². The average Bonchev–Trinajstić information content (AvgIpc) is 2.52. The summed E-state index contributed by atoms with van der Waals surface area (Å²) in [6.07, 6.45) is -0.171. The molecule has 0 fully saturated rings. The smallest absolute Gasteiger partial charge is 0.317 e. The van der Waals surface area contributed by atoms with Crippen LogP contribution in [0.1, 0.15) is 23.7 Å². The molecule has 0 aromatic heterocycles. The van der Waals surface area contributed by atoms with Gasteiger partial charge < -0.3 is 20.1 Å². The van der Waals surface area contributed by atoms with Crippen LogP contribution in [-0.2, 0) is 0 Å². The second-order valence-electron chi connectivity index (χ2n) is 5.03. The Hall–Kier alpha value is -1.75. The van der Waals surface area contributed by atoms with E-state index in [0.29, 0.717) is 13.0 Å². The average molecular weight is 264 g/mol. The van der Waals surface area contributed by atoms with Crippen LogP contribution in [0.2, 0.25) is 0 Å². The van der Waals surface area contributed by atoms with E-state index in [1.807, 2.05) is 25.1 Å². The maximum atomic E-state index is 11.7. The lowest BCUT2D eigenvalue weighted by atomic mass is 9.98. The van der Waals surface area contributed by atoms with Crippen LogP contribution in [0.5, 0.6) is 5.75 Å². The van der Waals surface area contributed by atoms with Crippen molar-refractivity contribution in [2.45, 2.75) is 25.5 Å². The normalized spacial score (nSPS) is 21.9. The van der Waals surface area contributed by atoms with E-state index in [0.717, 1.165) is 16.9 Å². The summed E-state index contributed by atoms with van der Waals surface area (Å²) in [5, 5.41) is 13.3. The number of ether oxygens (including phenoxy) is 1. The van der Waals surface area contributed by atoms with Crippen LogP contribution in [0, 0.1) is 6.92 Å². The number of fused-ring (bicyclic) bond motifs is 1. The van der Waals surface area contributed by atoms with Crippen molar-refractivity contribution in [1.82, 2.24) is 10.2 Å². The molecule has 1 aliphatic rings. The van der Waals surface area contributed by atoms with Crippen molar-refractivity contribution < 1.29 is 14.6 Å². The number of aliphatic hydroxyl groups excluding tert-OH is 1. The number of hydrogen-bond donors (Lipinski definition) is 2. The molecule has 2 unspecified atom stereocenters. The van der Waals surface area contributed by atoms with E-state index in [4.69, 9.17) is 4.74 Å². The zero-order chi connectivity index (χ0) is 14.0. The molecule has 5 nitrogen and oxygen atoms in total. The fraction of sp³-hybridized carbons (Fsp3) is 0.500. The van der Waals surface area contributed by atoms with Gasteiger partial charge in [-0.05, 0) is 12.5 Å². The summed E-state index contributed by atoms with van der Waals surface area (Å²) in [7, 11) is 3.35. The Bertz CT molecular complexity index is 474. The van der Waals surface area contributed by atoms with Gasteiger partial charge in [-0.3, -0.25) is 0 Å². The molecule has 0 spiro atoms. The van der Waals surface area contributed by atoms with Crippen molar-refractivity contribution in [3.05, 3.63) is 29.3 Å². The van der Waals surface area contributed by atoms with E-state index >= 15 is 0 Å². The summed E-state index contributed by atoms with van der Waals surface area (Å²) in [5.74, 6) is 0.733.